The number of carbonyl (C=O) groups excluding carboxylic acids is 1. The number of halogens is 1. The fourth-order valence-corrected chi connectivity index (χ4v) is 3.96. The third-order valence-corrected chi connectivity index (χ3v) is 5.55. The number of nitrogens with zero attached hydrogens (tertiary/aromatic N) is 3. The van der Waals surface area contributed by atoms with Gasteiger partial charge in [0.05, 0.1) is 28.0 Å². The lowest BCUT2D eigenvalue weighted by Gasteiger charge is -2.15. The van der Waals surface area contributed by atoms with Gasteiger partial charge in [0.15, 0.2) is 5.16 Å². The van der Waals surface area contributed by atoms with Gasteiger partial charge >= 0.3 is 0 Å². The van der Waals surface area contributed by atoms with Gasteiger partial charge < -0.3 is 4.52 Å². The molecule has 152 valence electrons. The highest BCUT2D eigenvalue weighted by atomic mass is 35.5. The van der Waals surface area contributed by atoms with Crippen molar-refractivity contribution >= 4 is 46.1 Å². The van der Waals surface area contributed by atoms with Gasteiger partial charge in [0.2, 0.25) is 11.8 Å². The van der Waals surface area contributed by atoms with E-state index in [2.05, 4.69) is 15.5 Å². The molecule has 0 aliphatic rings. The fraction of sp³-hybridized carbons (Fsp3) is 0.143. The van der Waals surface area contributed by atoms with Crippen LogP contribution >= 0.6 is 23.4 Å². The second-order valence-electron chi connectivity index (χ2n) is 6.65. The molecule has 0 saturated carbocycles. The summed E-state index contributed by atoms with van der Waals surface area (Å²) in [4.78, 5) is 30.3. The van der Waals surface area contributed by atoms with Gasteiger partial charge in [-0.05, 0) is 43.7 Å². The summed E-state index contributed by atoms with van der Waals surface area (Å²) in [5.41, 5.74) is 2.55. The van der Waals surface area contributed by atoms with E-state index in [-0.39, 0.29) is 23.1 Å². The van der Waals surface area contributed by atoms with Gasteiger partial charge in [0.1, 0.15) is 0 Å². The molecule has 4 rings (SSSR count). The molecule has 1 amide bonds. The molecule has 0 radical (unpaired) electrons. The molecule has 0 unspecified atom stereocenters. The van der Waals surface area contributed by atoms with E-state index in [1.54, 1.807) is 31.2 Å². The molecule has 1 N–H and O–H groups in total. The molecule has 0 saturated heterocycles. The van der Waals surface area contributed by atoms with Crippen LogP contribution in [0.5, 0.6) is 0 Å². The lowest BCUT2D eigenvalue weighted by Crippen LogP contribution is -2.23. The number of benzene rings is 2. The number of carbonyl (C=O) groups is 1. The predicted molar refractivity (Wildman–Crippen MR) is 118 cm³/mol. The van der Waals surface area contributed by atoms with Crippen LogP contribution in [-0.2, 0) is 4.79 Å². The Balaban J connectivity index is 1.73. The van der Waals surface area contributed by atoms with Crippen molar-refractivity contribution in [1.82, 2.24) is 14.7 Å². The number of rotatable bonds is 5. The first-order chi connectivity index (χ1) is 14.4. The summed E-state index contributed by atoms with van der Waals surface area (Å²) in [6, 6.07) is 14.1. The third kappa shape index (κ3) is 4.10. The van der Waals surface area contributed by atoms with Crippen molar-refractivity contribution in [2.24, 2.45) is 0 Å². The summed E-state index contributed by atoms with van der Waals surface area (Å²) >= 11 is 7.24. The van der Waals surface area contributed by atoms with Crippen LogP contribution in [0.25, 0.3) is 16.6 Å². The van der Waals surface area contributed by atoms with Crippen LogP contribution in [0.4, 0.5) is 5.88 Å². The molecule has 0 atom stereocenters. The van der Waals surface area contributed by atoms with Gasteiger partial charge in [-0.1, -0.05) is 46.7 Å². The minimum absolute atomic E-state index is 0.0319. The normalized spacial score (nSPS) is 11.0. The van der Waals surface area contributed by atoms with Gasteiger partial charge in [-0.3, -0.25) is 19.5 Å². The summed E-state index contributed by atoms with van der Waals surface area (Å²) in [5.74, 6) is 0.00464. The smallest absolute Gasteiger partial charge is 0.266 e. The predicted octanol–water partition coefficient (Wildman–Crippen LogP) is 4.37. The number of amides is 1. The van der Waals surface area contributed by atoms with Crippen LogP contribution < -0.4 is 10.9 Å². The standard InChI is InChI=1S/C21H17ClN4O3S/c1-12-5-3-4-6-17(12)26-20(28)15-8-7-14(22)10-16(15)23-21(26)30-11-18(27)24-19-9-13(2)25-29-19/h3-10H,11H2,1-2H3,(H,24,27). The summed E-state index contributed by atoms with van der Waals surface area (Å²) in [5, 5.41) is 7.71. The van der Waals surface area contributed by atoms with Crippen LogP contribution in [0.15, 0.2) is 63.0 Å². The Morgan fingerprint density at radius 2 is 2.00 bits per heavy atom. The number of nitrogens with one attached hydrogen (secondary N) is 1. The van der Waals surface area contributed by atoms with E-state index in [4.69, 9.17) is 16.1 Å². The Morgan fingerprint density at radius 1 is 1.20 bits per heavy atom. The second-order valence-corrected chi connectivity index (χ2v) is 8.03. The molecule has 0 bridgehead atoms. The Labute approximate surface area is 181 Å². The van der Waals surface area contributed by atoms with E-state index in [1.165, 1.54) is 4.57 Å². The van der Waals surface area contributed by atoms with Gasteiger partial charge in [0.25, 0.3) is 5.56 Å². The quantitative estimate of drug-likeness (QED) is 0.366. The largest absolute Gasteiger partial charge is 0.338 e. The van der Waals surface area contributed by atoms with Crippen LogP contribution in [0.2, 0.25) is 5.02 Å². The molecule has 30 heavy (non-hydrogen) atoms. The van der Waals surface area contributed by atoms with Crippen molar-refractivity contribution < 1.29 is 9.32 Å². The van der Waals surface area contributed by atoms with Gasteiger partial charge in [-0.2, -0.15) is 0 Å². The maximum absolute atomic E-state index is 13.3. The lowest BCUT2D eigenvalue weighted by molar-refractivity contribution is -0.113. The van der Waals surface area contributed by atoms with E-state index in [1.807, 2.05) is 31.2 Å². The lowest BCUT2D eigenvalue weighted by atomic mass is 10.2. The minimum atomic E-state index is -0.298. The number of fused-ring (bicyclic) bond motifs is 1. The van der Waals surface area contributed by atoms with Crippen molar-refractivity contribution in [2.45, 2.75) is 19.0 Å². The molecule has 2 heterocycles. The number of para-hydroxylation sites is 1. The molecule has 7 nitrogen and oxygen atoms in total. The average Bonchev–Trinajstić information content (AvgIpc) is 3.11. The zero-order chi connectivity index (χ0) is 21.3. The van der Waals surface area contributed by atoms with Crippen LogP contribution in [0, 0.1) is 13.8 Å². The highest BCUT2D eigenvalue weighted by Crippen LogP contribution is 2.24. The molecule has 2 aromatic heterocycles. The third-order valence-electron chi connectivity index (χ3n) is 4.38. The average molecular weight is 441 g/mol. The van der Waals surface area contributed by atoms with Crippen molar-refractivity contribution in [1.29, 1.82) is 0 Å². The van der Waals surface area contributed by atoms with Gasteiger partial charge in [-0.15, -0.1) is 0 Å². The van der Waals surface area contributed by atoms with Crippen LogP contribution in [0.3, 0.4) is 0 Å². The zero-order valence-corrected chi connectivity index (χ0v) is 17.8. The monoisotopic (exact) mass is 440 g/mol. The first kappa shape index (κ1) is 20.2. The molecule has 9 heteroatoms. The van der Waals surface area contributed by atoms with E-state index in [9.17, 15) is 9.59 Å². The second kappa shape index (κ2) is 8.33. The Morgan fingerprint density at radius 3 is 2.73 bits per heavy atom. The molecular weight excluding hydrogens is 424 g/mol. The van der Waals surface area contributed by atoms with Crippen molar-refractivity contribution in [3.05, 3.63) is 75.2 Å². The van der Waals surface area contributed by atoms with Gasteiger partial charge in [0, 0.05) is 11.1 Å². The summed E-state index contributed by atoms with van der Waals surface area (Å²) < 4.78 is 6.54. The first-order valence-corrected chi connectivity index (χ1v) is 10.4. The van der Waals surface area contributed by atoms with Gasteiger partial charge in [-0.25, -0.2) is 4.98 Å². The summed E-state index contributed by atoms with van der Waals surface area (Å²) in [6.07, 6.45) is 0. The maximum Gasteiger partial charge on any atom is 0.266 e. The van der Waals surface area contributed by atoms with Crippen molar-refractivity contribution in [3.63, 3.8) is 0 Å². The molecule has 2 aromatic carbocycles. The fourth-order valence-electron chi connectivity index (χ4n) is 2.99. The Bertz CT molecular complexity index is 1320. The van der Waals surface area contributed by atoms with Crippen molar-refractivity contribution in [3.8, 4) is 5.69 Å². The Hall–Kier alpha value is -3.10. The highest BCUT2D eigenvalue weighted by molar-refractivity contribution is 7.99. The Kier molecular flexibility index (Phi) is 5.61. The number of hydrogen-bond donors (Lipinski definition) is 1. The van der Waals surface area contributed by atoms with E-state index in [0.29, 0.717) is 32.5 Å². The van der Waals surface area contributed by atoms with E-state index in [0.717, 1.165) is 17.3 Å². The van der Waals surface area contributed by atoms with E-state index >= 15 is 0 Å². The maximum atomic E-state index is 13.3. The number of anilines is 1. The van der Waals surface area contributed by atoms with Crippen LogP contribution in [-0.4, -0.2) is 26.4 Å². The molecule has 0 fully saturated rings. The topological polar surface area (TPSA) is 90.0 Å². The van der Waals surface area contributed by atoms with Crippen LogP contribution in [0.1, 0.15) is 11.3 Å². The molecular formula is C21H17ClN4O3S. The van der Waals surface area contributed by atoms with E-state index < -0.39 is 0 Å². The number of thioether (sulfide) groups is 1. The molecule has 4 aromatic rings. The summed E-state index contributed by atoms with van der Waals surface area (Å²) in [7, 11) is 0. The SMILES string of the molecule is Cc1cc(NC(=O)CSc2nc3cc(Cl)ccc3c(=O)n2-c2ccccc2C)on1. The van der Waals surface area contributed by atoms with Crippen molar-refractivity contribution in [2.75, 3.05) is 11.1 Å². The highest BCUT2D eigenvalue weighted by Gasteiger charge is 2.17. The summed E-state index contributed by atoms with van der Waals surface area (Å²) in [6.45, 7) is 3.68. The minimum Gasteiger partial charge on any atom is -0.338 e. The molecule has 0 aliphatic carbocycles. The molecule has 0 spiro atoms. The zero-order valence-electron chi connectivity index (χ0n) is 16.2. The number of hydrogen-bond acceptors (Lipinski definition) is 6. The first-order valence-electron chi connectivity index (χ1n) is 9.06. The number of aromatic nitrogens is 3. The molecule has 0 aliphatic heterocycles. The number of aryl methyl sites for hydroxylation is 2.